The average molecular weight is 582 g/mol. The predicted octanol–water partition coefficient (Wildman–Crippen LogP) is 3.19. The van der Waals surface area contributed by atoms with Crippen LogP contribution in [0.4, 0.5) is 5.82 Å². The Morgan fingerprint density at radius 1 is 0.930 bits per heavy atom. The maximum atomic E-state index is 13.2. The summed E-state index contributed by atoms with van der Waals surface area (Å²) in [6.45, 7) is 6.70. The molecular weight excluding hydrogens is 542 g/mol. The number of carbonyl (C=O) groups excluding carboxylic acids is 1. The summed E-state index contributed by atoms with van der Waals surface area (Å²) in [6, 6.07) is 18.8. The highest BCUT2D eigenvalue weighted by atomic mass is 16.5. The molecule has 2 aromatic carbocycles. The molecule has 2 atom stereocenters. The molecule has 0 saturated carbocycles. The maximum absolute atomic E-state index is 13.2. The molecule has 1 amide bonds. The third kappa shape index (κ3) is 7.11. The smallest absolute Gasteiger partial charge is 0.255 e. The number of nitrogen functional groups attached to an aromatic ring is 1. The molecule has 2 aliphatic rings. The number of nitrogens with zero attached hydrogens (tertiary/aromatic N) is 5. The first kappa shape index (κ1) is 29.0. The van der Waals surface area contributed by atoms with Crippen LogP contribution in [0.1, 0.15) is 21.5 Å². The van der Waals surface area contributed by atoms with E-state index < -0.39 is 0 Å². The molecular formula is C33H39N7O3. The molecule has 2 aliphatic heterocycles. The number of aryl methyl sites for hydroxylation is 1. The molecule has 0 unspecified atom stereocenters. The number of benzene rings is 2. The van der Waals surface area contributed by atoms with Crippen molar-refractivity contribution in [3.8, 4) is 22.3 Å². The van der Waals surface area contributed by atoms with Crippen LogP contribution in [0.3, 0.4) is 0 Å². The zero-order chi connectivity index (χ0) is 29.8. The molecule has 3 N–H and O–H groups in total. The number of likely N-dealkylation sites (N-methyl/N-ethyl adjacent to an activating group) is 1. The van der Waals surface area contributed by atoms with Crippen LogP contribution in [0.25, 0.3) is 22.3 Å². The minimum Gasteiger partial charge on any atom is -0.383 e. The summed E-state index contributed by atoms with van der Waals surface area (Å²) < 4.78 is 13.6. The van der Waals surface area contributed by atoms with E-state index in [2.05, 4.69) is 80.8 Å². The Morgan fingerprint density at radius 2 is 1.63 bits per heavy atom. The number of aromatic nitrogens is 3. The lowest BCUT2D eigenvalue weighted by Crippen LogP contribution is -2.44. The number of nitrogens with one attached hydrogen (secondary N) is 1. The van der Waals surface area contributed by atoms with E-state index in [-0.39, 0.29) is 23.9 Å². The zero-order valence-corrected chi connectivity index (χ0v) is 24.8. The molecule has 4 aromatic rings. The highest BCUT2D eigenvalue weighted by Crippen LogP contribution is 2.24. The van der Waals surface area contributed by atoms with Crippen LogP contribution >= 0.6 is 0 Å². The van der Waals surface area contributed by atoms with E-state index in [4.69, 9.17) is 15.2 Å². The van der Waals surface area contributed by atoms with Crippen molar-refractivity contribution >= 4 is 11.7 Å². The van der Waals surface area contributed by atoms with E-state index in [1.165, 1.54) is 16.7 Å². The zero-order valence-electron chi connectivity index (χ0n) is 24.8. The van der Waals surface area contributed by atoms with E-state index in [1.54, 1.807) is 23.1 Å². The van der Waals surface area contributed by atoms with Crippen molar-refractivity contribution in [2.75, 3.05) is 52.2 Å². The van der Waals surface area contributed by atoms with Crippen molar-refractivity contribution in [1.82, 2.24) is 29.9 Å². The number of pyridine rings is 1. The Kier molecular flexibility index (Phi) is 8.80. The van der Waals surface area contributed by atoms with Crippen LogP contribution in [-0.2, 0) is 29.7 Å². The van der Waals surface area contributed by atoms with Gasteiger partial charge < -0.3 is 25.4 Å². The first-order valence-corrected chi connectivity index (χ1v) is 14.8. The van der Waals surface area contributed by atoms with E-state index >= 15 is 0 Å². The van der Waals surface area contributed by atoms with Crippen molar-refractivity contribution in [2.24, 2.45) is 7.05 Å². The SMILES string of the molecule is CN1CCN(Cc2ccc(-c3ccc(CO[C@H]4COC[C@@H]4NC(=O)c4cc(-c5cnn(C)c5)cnc4N)cc3)cc2)CC1. The normalized spacial score (nSPS) is 19.5. The fourth-order valence-corrected chi connectivity index (χ4v) is 5.53. The molecule has 0 aliphatic carbocycles. The van der Waals surface area contributed by atoms with Gasteiger partial charge in [-0.15, -0.1) is 0 Å². The number of ether oxygens (including phenoxy) is 2. The Morgan fingerprint density at radius 3 is 2.30 bits per heavy atom. The molecule has 2 fully saturated rings. The molecule has 0 radical (unpaired) electrons. The number of hydrogen-bond acceptors (Lipinski definition) is 8. The third-order valence-electron chi connectivity index (χ3n) is 8.25. The number of rotatable bonds is 9. The first-order valence-electron chi connectivity index (χ1n) is 14.8. The second-order valence-electron chi connectivity index (χ2n) is 11.5. The molecule has 0 spiro atoms. The average Bonchev–Trinajstić information content (AvgIpc) is 3.66. The van der Waals surface area contributed by atoms with Gasteiger partial charge in [-0.05, 0) is 35.4 Å². The molecule has 0 bridgehead atoms. The van der Waals surface area contributed by atoms with Gasteiger partial charge in [0.1, 0.15) is 11.9 Å². The fourth-order valence-electron chi connectivity index (χ4n) is 5.53. The van der Waals surface area contributed by atoms with Crippen molar-refractivity contribution in [1.29, 1.82) is 0 Å². The highest BCUT2D eigenvalue weighted by Gasteiger charge is 2.31. The van der Waals surface area contributed by atoms with E-state index in [9.17, 15) is 4.79 Å². The molecule has 43 heavy (non-hydrogen) atoms. The summed E-state index contributed by atoms with van der Waals surface area (Å²) in [5.74, 6) is -0.134. The third-order valence-corrected chi connectivity index (χ3v) is 8.25. The first-order chi connectivity index (χ1) is 20.9. The quantitative estimate of drug-likeness (QED) is 0.310. The van der Waals surface area contributed by atoms with Crippen molar-refractivity contribution in [3.63, 3.8) is 0 Å². The Hall–Kier alpha value is -4.09. The number of hydrogen-bond donors (Lipinski definition) is 2. The summed E-state index contributed by atoms with van der Waals surface area (Å²) in [7, 11) is 4.02. The van der Waals surface area contributed by atoms with Gasteiger partial charge in [-0.1, -0.05) is 48.5 Å². The molecule has 2 saturated heterocycles. The van der Waals surface area contributed by atoms with Gasteiger partial charge in [0.05, 0.1) is 37.6 Å². The van der Waals surface area contributed by atoms with Gasteiger partial charge in [0, 0.05) is 63.3 Å². The predicted molar refractivity (Wildman–Crippen MR) is 166 cm³/mol. The number of nitrogens with two attached hydrogens (primary N) is 1. The Labute approximate surface area is 252 Å². The van der Waals surface area contributed by atoms with Gasteiger partial charge >= 0.3 is 0 Å². The minimum atomic E-state index is -0.307. The lowest BCUT2D eigenvalue weighted by molar-refractivity contribution is 0.0218. The van der Waals surface area contributed by atoms with Gasteiger partial charge in [-0.25, -0.2) is 4.98 Å². The van der Waals surface area contributed by atoms with Gasteiger partial charge in [-0.3, -0.25) is 14.4 Å². The lowest BCUT2D eigenvalue weighted by atomic mass is 10.0. The van der Waals surface area contributed by atoms with Crippen LogP contribution < -0.4 is 11.1 Å². The largest absolute Gasteiger partial charge is 0.383 e. The molecule has 224 valence electrons. The van der Waals surface area contributed by atoms with E-state index in [1.807, 2.05) is 13.2 Å². The van der Waals surface area contributed by atoms with Crippen molar-refractivity contribution in [2.45, 2.75) is 25.3 Å². The summed E-state index contributed by atoms with van der Waals surface area (Å²) in [5, 5.41) is 7.23. The number of amides is 1. The van der Waals surface area contributed by atoms with Gasteiger partial charge in [0.2, 0.25) is 0 Å². The van der Waals surface area contributed by atoms with Gasteiger partial charge in [0.25, 0.3) is 5.91 Å². The van der Waals surface area contributed by atoms with Crippen molar-refractivity contribution in [3.05, 3.63) is 89.9 Å². The molecule has 2 aromatic heterocycles. The summed E-state index contributed by atoms with van der Waals surface area (Å²) in [4.78, 5) is 22.3. The number of anilines is 1. The van der Waals surface area contributed by atoms with Crippen LogP contribution in [0, 0.1) is 0 Å². The maximum Gasteiger partial charge on any atom is 0.255 e. The summed E-state index contributed by atoms with van der Waals surface area (Å²) in [5.41, 5.74) is 12.8. The Balaban J connectivity index is 1.02. The standard InChI is InChI=1S/C33H39N7O3/c1-38-11-13-40(14-12-38)18-23-3-7-25(8-4-23)26-9-5-24(6-10-26)20-43-31-22-42-21-30(31)37-33(41)29-15-27(16-35-32(29)34)28-17-36-39(2)19-28/h3-10,15-17,19,30-31H,11-14,18,20-22H2,1-2H3,(H2,34,35)(H,37,41)/t30-,31-/m0/s1. The molecule has 10 nitrogen and oxygen atoms in total. The second kappa shape index (κ2) is 13.0. The van der Waals surface area contributed by atoms with E-state index in [0.29, 0.717) is 25.4 Å². The van der Waals surface area contributed by atoms with Crippen LogP contribution in [-0.4, -0.2) is 89.1 Å². The molecule has 4 heterocycles. The van der Waals surface area contributed by atoms with Crippen molar-refractivity contribution < 1.29 is 14.3 Å². The van der Waals surface area contributed by atoms with Crippen LogP contribution in [0.15, 0.2) is 73.2 Å². The summed E-state index contributed by atoms with van der Waals surface area (Å²) >= 11 is 0. The number of carbonyl (C=O) groups is 1. The van der Waals surface area contributed by atoms with Gasteiger partial charge in [0.15, 0.2) is 0 Å². The van der Waals surface area contributed by atoms with Crippen LogP contribution in [0.2, 0.25) is 0 Å². The fraction of sp³-hybridized carbons (Fsp3) is 0.364. The monoisotopic (exact) mass is 581 g/mol. The summed E-state index contributed by atoms with van der Waals surface area (Å²) in [6.07, 6.45) is 4.96. The minimum absolute atomic E-state index is 0.172. The van der Waals surface area contributed by atoms with E-state index in [0.717, 1.165) is 49.4 Å². The second-order valence-corrected chi connectivity index (χ2v) is 11.5. The van der Waals surface area contributed by atoms with Gasteiger partial charge in [-0.2, -0.15) is 5.10 Å². The topological polar surface area (TPSA) is 111 Å². The highest BCUT2D eigenvalue weighted by molar-refractivity contribution is 5.99. The lowest BCUT2D eigenvalue weighted by Gasteiger charge is -2.32. The number of piperazine rings is 1. The van der Waals surface area contributed by atoms with Crippen LogP contribution in [0.5, 0.6) is 0 Å². The molecule has 6 rings (SSSR count). The molecule has 10 heteroatoms. The Bertz CT molecular complexity index is 1530.